The Hall–Kier alpha value is -2.21. The number of likely N-dealkylation sites (tertiary alicyclic amines) is 1. The van der Waals surface area contributed by atoms with Gasteiger partial charge in [-0.3, -0.25) is 4.79 Å². The van der Waals surface area contributed by atoms with Crippen LogP contribution < -0.4 is 5.32 Å². The molecule has 0 bridgehead atoms. The molecule has 2 aromatic rings. The van der Waals surface area contributed by atoms with Gasteiger partial charge < -0.3 is 20.1 Å². The number of urea groups is 1. The Balaban J connectivity index is 1.53. The molecule has 0 spiro atoms. The van der Waals surface area contributed by atoms with Gasteiger partial charge in [-0.2, -0.15) is 0 Å². The van der Waals surface area contributed by atoms with Crippen molar-refractivity contribution in [1.82, 2.24) is 20.1 Å². The van der Waals surface area contributed by atoms with Crippen molar-refractivity contribution in [2.75, 3.05) is 26.2 Å². The molecule has 1 aromatic heterocycles. The molecule has 2 aliphatic rings. The molecule has 2 aliphatic heterocycles. The Bertz CT molecular complexity index is 803. The van der Waals surface area contributed by atoms with Crippen LogP contribution in [0, 0.1) is 0 Å². The zero-order chi connectivity index (χ0) is 16.7. The number of nitrogens with zero attached hydrogens (tertiary/aromatic N) is 2. The Morgan fingerprint density at radius 2 is 2.12 bits per heavy atom. The lowest BCUT2D eigenvalue weighted by Crippen LogP contribution is -2.50. The topological polar surface area (TPSA) is 68.4 Å². The van der Waals surface area contributed by atoms with Crippen molar-refractivity contribution in [3.8, 4) is 0 Å². The van der Waals surface area contributed by atoms with Crippen molar-refractivity contribution in [3.63, 3.8) is 0 Å². The van der Waals surface area contributed by atoms with Gasteiger partial charge in [0.25, 0.3) is 5.91 Å². The number of carbonyl (C=O) groups excluding carboxylic acids is 2. The van der Waals surface area contributed by atoms with Crippen LogP contribution in [-0.2, 0) is 0 Å². The first-order chi connectivity index (χ1) is 11.6. The Labute approximate surface area is 144 Å². The van der Waals surface area contributed by atoms with Gasteiger partial charge in [0.15, 0.2) is 0 Å². The van der Waals surface area contributed by atoms with Gasteiger partial charge in [0.2, 0.25) is 0 Å². The fourth-order valence-electron chi connectivity index (χ4n) is 3.62. The molecule has 1 aromatic carbocycles. The van der Waals surface area contributed by atoms with Crippen LogP contribution in [-0.4, -0.2) is 58.9 Å². The second-order valence-electron chi connectivity index (χ2n) is 6.39. The SMILES string of the molecule is O=C(c1cc2cc(Cl)ccc2[nH]1)N1CCC[C@H](N2CCNC2=O)C1. The standard InChI is InChI=1S/C17H19ClN4O2/c18-12-3-4-14-11(8-12)9-15(20-14)16(23)21-6-1-2-13(10-21)22-7-5-19-17(22)24/h3-4,8-9,13,20H,1-2,5-7,10H2,(H,19,24)/t13-/m0/s1. The minimum atomic E-state index is -0.0216. The van der Waals surface area contributed by atoms with Crippen LogP contribution in [0.2, 0.25) is 5.02 Å². The van der Waals surface area contributed by atoms with E-state index in [2.05, 4.69) is 10.3 Å². The van der Waals surface area contributed by atoms with E-state index in [0.717, 1.165) is 36.8 Å². The molecule has 2 N–H and O–H groups in total. The van der Waals surface area contributed by atoms with Crippen molar-refractivity contribution in [2.45, 2.75) is 18.9 Å². The van der Waals surface area contributed by atoms with Crippen molar-refractivity contribution in [3.05, 3.63) is 35.0 Å². The van der Waals surface area contributed by atoms with Gasteiger partial charge in [-0.15, -0.1) is 0 Å². The zero-order valence-corrected chi connectivity index (χ0v) is 14.0. The van der Waals surface area contributed by atoms with Crippen molar-refractivity contribution in [2.24, 2.45) is 0 Å². The normalized spacial score (nSPS) is 21.4. The average Bonchev–Trinajstić information content (AvgIpc) is 3.20. The van der Waals surface area contributed by atoms with Gasteiger partial charge in [0, 0.05) is 42.1 Å². The van der Waals surface area contributed by atoms with Crippen LogP contribution in [0.3, 0.4) is 0 Å². The quantitative estimate of drug-likeness (QED) is 0.877. The molecule has 6 nitrogen and oxygen atoms in total. The summed E-state index contributed by atoms with van der Waals surface area (Å²) in [5.74, 6) is -0.0216. The largest absolute Gasteiger partial charge is 0.351 e. The average molecular weight is 347 g/mol. The fourth-order valence-corrected chi connectivity index (χ4v) is 3.80. The molecule has 2 saturated heterocycles. The summed E-state index contributed by atoms with van der Waals surface area (Å²) in [6.07, 6.45) is 1.85. The fraction of sp³-hybridized carbons (Fsp3) is 0.412. The molecular weight excluding hydrogens is 328 g/mol. The van der Waals surface area contributed by atoms with Gasteiger partial charge in [-0.1, -0.05) is 11.6 Å². The number of hydrogen-bond donors (Lipinski definition) is 2. The van der Waals surface area contributed by atoms with Gasteiger partial charge in [0.1, 0.15) is 5.69 Å². The lowest BCUT2D eigenvalue weighted by Gasteiger charge is -2.36. The van der Waals surface area contributed by atoms with E-state index < -0.39 is 0 Å². The Morgan fingerprint density at radius 3 is 2.92 bits per heavy atom. The molecule has 7 heteroatoms. The number of aromatic amines is 1. The molecule has 2 fully saturated rings. The van der Waals surface area contributed by atoms with Gasteiger partial charge >= 0.3 is 6.03 Å². The summed E-state index contributed by atoms with van der Waals surface area (Å²) in [4.78, 5) is 31.6. The number of benzene rings is 1. The summed E-state index contributed by atoms with van der Waals surface area (Å²) >= 11 is 6.01. The first-order valence-corrected chi connectivity index (χ1v) is 8.61. The van der Waals surface area contributed by atoms with E-state index in [1.807, 2.05) is 28.0 Å². The van der Waals surface area contributed by atoms with Crippen molar-refractivity contribution >= 4 is 34.4 Å². The number of nitrogens with one attached hydrogen (secondary N) is 2. The number of halogens is 1. The highest BCUT2D eigenvalue weighted by atomic mass is 35.5. The van der Waals surface area contributed by atoms with E-state index in [9.17, 15) is 9.59 Å². The lowest BCUT2D eigenvalue weighted by molar-refractivity contribution is 0.0629. The molecule has 126 valence electrons. The van der Waals surface area contributed by atoms with Gasteiger partial charge in [-0.05, 0) is 37.1 Å². The van der Waals surface area contributed by atoms with Gasteiger partial charge in [0.05, 0.1) is 6.04 Å². The molecule has 1 atom stereocenters. The second kappa shape index (κ2) is 6.02. The summed E-state index contributed by atoms with van der Waals surface area (Å²) in [6.45, 7) is 2.71. The molecule has 3 amide bonds. The second-order valence-corrected chi connectivity index (χ2v) is 6.82. The van der Waals surface area contributed by atoms with Crippen LogP contribution in [0.5, 0.6) is 0 Å². The number of rotatable bonds is 2. The zero-order valence-electron chi connectivity index (χ0n) is 13.2. The highest BCUT2D eigenvalue weighted by Crippen LogP contribution is 2.23. The number of fused-ring (bicyclic) bond motifs is 1. The Kier molecular flexibility index (Phi) is 3.84. The highest BCUT2D eigenvalue weighted by molar-refractivity contribution is 6.31. The number of hydrogen-bond acceptors (Lipinski definition) is 2. The molecule has 3 heterocycles. The number of amides is 3. The van der Waals surface area contributed by atoms with E-state index in [0.29, 0.717) is 23.8 Å². The summed E-state index contributed by atoms with van der Waals surface area (Å²) in [5.41, 5.74) is 1.47. The minimum absolute atomic E-state index is 0.0189. The maximum Gasteiger partial charge on any atom is 0.317 e. The number of aromatic nitrogens is 1. The van der Waals surface area contributed by atoms with Crippen LogP contribution in [0.4, 0.5) is 4.79 Å². The molecule has 0 radical (unpaired) electrons. The van der Waals surface area contributed by atoms with Crippen molar-refractivity contribution < 1.29 is 9.59 Å². The van der Waals surface area contributed by atoms with Gasteiger partial charge in [-0.25, -0.2) is 4.79 Å². The summed E-state index contributed by atoms with van der Waals surface area (Å²) in [7, 11) is 0. The van der Waals surface area contributed by atoms with E-state index in [4.69, 9.17) is 11.6 Å². The number of carbonyl (C=O) groups is 2. The number of piperidine rings is 1. The maximum atomic E-state index is 12.8. The van der Waals surface area contributed by atoms with E-state index >= 15 is 0 Å². The molecule has 0 aliphatic carbocycles. The third-order valence-corrected chi connectivity index (χ3v) is 5.06. The lowest BCUT2D eigenvalue weighted by atomic mass is 10.0. The summed E-state index contributed by atoms with van der Waals surface area (Å²) in [6, 6.07) is 7.45. The third kappa shape index (κ3) is 2.71. The maximum absolute atomic E-state index is 12.8. The smallest absolute Gasteiger partial charge is 0.317 e. The Morgan fingerprint density at radius 1 is 1.25 bits per heavy atom. The van der Waals surface area contributed by atoms with Crippen LogP contribution in [0.25, 0.3) is 10.9 Å². The first-order valence-electron chi connectivity index (χ1n) is 8.24. The van der Waals surface area contributed by atoms with E-state index in [1.165, 1.54) is 0 Å². The van der Waals surface area contributed by atoms with E-state index in [-0.39, 0.29) is 18.0 Å². The molecular formula is C17H19ClN4O2. The molecule has 0 unspecified atom stereocenters. The van der Waals surface area contributed by atoms with Crippen LogP contribution in [0.1, 0.15) is 23.3 Å². The predicted molar refractivity (Wildman–Crippen MR) is 92.3 cm³/mol. The molecule has 24 heavy (non-hydrogen) atoms. The summed E-state index contributed by atoms with van der Waals surface area (Å²) in [5, 5.41) is 4.41. The highest BCUT2D eigenvalue weighted by Gasteiger charge is 2.33. The predicted octanol–water partition coefficient (Wildman–Crippen LogP) is 2.45. The van der Waals surface area contributed by atoms with Crippen LogP contribution in [0.15, 0.2) is 24.3 Å². The first kappa shape index (κ1) is 15.3. The molecule has 4 rings (SSSR count). The molecule has 0 saturated carbocycles. The van der Waals surface area contributed by atoms with E-state index in [1.54, 1.807) is 6.07 Å². The number of H-pyrrole nitrogens is 1. The van der Waals surface area contributed by atoms with Crippen LogP contribution >= 0.6 is 11.6 Å². The summed E-state index contributed by atoms with van der Waals surface area (Å²) < 4.78 is 0. The minimum Gasteiger partial charge on any atom is -0.351 e. The van der Waals surface area contributed by atoms with Crippen molar-refractivity contribution in [1.29, 1.82) is 0 Å². The third-order valence-electron chi connectivity index (χ3n) is 4.83. The monoisotopic (exact) mass is 346 g/mol.